The van der Waals surface area contributed by atoms with Gasteiger partial charge in [-0.1, -0.05) is 24.3 Å². The first-order valence-corrected chi connectivity index (χ1v) is 8.28. The van der Waals surface area contributed by atoms with Gasteiger partial charge in [0.05, 0.1) is 5.75 Å². The lowest BCUT2D eigenvalue weighted by molar-refractivity contribution is -0.137. The van der Waals surface area contributed by atoms with Crippen molar-refractivity contribution in [1.29, 1.82) is 0 Å². The van der Waals surface area contributed by atoms with Crippen LogP contribution in [-0.2, 0) is 21.2 Å². The number of carboxylic acid groups (broad SMARTS) is 1. The van der Waals surface area contributed by atoms with Crippen molar-refractivity contribution in [2.75, 3.05) is 12.8 Å². The molecule has 1 aromatic carbocycles. The zero-order valence-corrected chi connectivity index (χ0v) is 12.3. The summed E-state index contributed by atoms with van der Waals surface area (Å²) in [6.45, 7) is 0. The molecule has 5 nitrogen and oxygen atoms in total. The van der Waals surface area contributed by atoms with Gasteiger partial charge in [-0.15, -0.1) is 0 Å². The van der Waals surface area contributed by atoms with Gasteiger partial charge < -0.3 is 5.11 Å². The van der Waals surface area contributed by atoms with Crippen molar-refractivity contribution in [2.45, 2.75) is 31.7 Å². The Morgan fingerprint density at radius 3 is 2.80 bits per heavy atom. The number of aliphatic carboxylic acids is 1. The van der Waals surface area contributed by atoms with Crippen LogP contribution >= 0.6 is 0 Å². The molecule has 0 fully saturated rings. The van der Waals surface area contributed by atoms with Gasteiger partial charge in [-0.3, -0.25) is 4.79 Å². The fraction of sp³-hybridized carbons (Fsp3) is 0.500. The van der Waals surface area contributed by atoms with Crippen LogP contribution in [0.25, 0.3) is 0 Å². The van der Waals surface area contributed by atoms with Crippen LogP contribution in [0.4, 0.5) is 0 Å². The first kappa shape index (κ1) is 15.0. The molecule has 1 unspecified atom stereocenters. The zero-order valence-electron chi connectivity index (χ0n) is 11.4. The van der Waals surface area contributed by atoms with E-state index in [1.54, 1.807) is 7.05 Å². The van der Waals surface area contributed by atoms with Gasteiger partial charge in [-0.25, -0.2) is 8.42 Å². The fourth-order valence-electron chi connectivity index (χ4n) is 2.66. The number of aryl methyl sites for hydroxylation is 1. The van der Waals surface area contributed by atoms with Crippen LogP contribution < -0.4 is 0 Å². The van der Waals surface area contributed by atoms with Crippen LogP contribution in [-0.4, -0.2) is 36.6 Å². The van der Waals surface area contributed by atoms with Crippen molar-refractivity contribution < 1.29 is 18.3 Å². The minimum atomic E-state index is -3.41. The molecular formula is C14H19NO4S. The van der Waals surface area contributed by atoms with E-state index >= 15 is 0 Å². The summed E-state index contributed by atoms with van der Waals surface area (Å²) < 4.78 is 25.9. The molecular weight excluding hydrogens is 278 g/mol. The average molecular weight is 297 g/mol. The second kappa shape index (κ2) is 5.93. The smallest absolute Gasteiger partial charge is 0.303 e. The first-order chi connectivity index (χ1) is 9.42. The molecule has 20 heavy (non-hydrogen) atoms. The van der Waals surface area contributed by atoms with Crippen molar-refractivity contribution in [1.82, 2.24) is 4.31 Å². The average Bonchev–Trinajstić information content (AvgIpc) is 2.80. The van der Waals surface area contributed by atoms with E-state index in [9.17, 15) is 13.2 Å². The van der Waals surface area contributed by atoms with Crippen molar-refractivity contribution in [3.63, 3.8) is 0 Å². The Hall–Kier alpha value is -1.40. The lowest BCUT2D eigenvalue weighted by Gasteiger charge is -2.24. The maximum Gasteiger partial charge on any atom is 0.303 e. The van der Waals surface area contributed by atoms with E-state index in [1.807, 2.05) is 24.3 Å². The lowest BCUT2D eigenvalue weighted by atomic mass is 10.1. The Morgan fingerprint density at radius 2 is 2.10 bits per heavy atom. The third-order valence-corrected chi connectivity index (χ3v) is 5.71. The standard InChI is InChI=1S/C14H19NO4S/c1-15(20(18,19)10-4-7-14(16)17)13-9-8-11-5-2-3-6-12(11)13/h2-3,5-6,13H,4,7-10H2,1H3,(H,16,17). The second-order valence-corrected chi connectivity index (χ2v) is 7.23. The third kappa shape index (κ3) is 3.19. The predicted octanol–water partition coefficient (Wildman–Crippen LogP) is 1.80. The van der Waals surface area contributed by atoms with E-state index in [4.69, 9.17) is 5.11 Å². The van der Waals surface area contributed by atoms with E-state index in [1.165, 1.54) is 9.87 Å². The Kier molecular flexibility index (Phi) is 4.45. The van der Waals surface area contributed by atoms with Crippen molar-refractivity contribution in [3.8, 4) is 0 Å². The molecule has 0 aliphatic heterocycles. The van der Waals surface area contributed by atoms with Gasteiger partial charge in [0.2, 0.25) is 10.0 Å². The van der Waals surface area contributed by atoms with E-state index in [0.717, 1.165) is 18.4 Å². The highest BCUT2D eigenvalue weighted by atomic mass is 32.2. The van der Waals surface area contributed by atoms with E-state index in [0.29, 0.717) is 0 Å². The molecule has 0 amide bonds. The molecule has 1 atom stereocenters. The molecule has 0 aromatic heterocycles. The molecule has 0 saturated carbocycles. The molecule has 0 saturated heterocycles. The summed E-state index contributed by atoms with van der Waals surface area (Å²) in [7, 11) is -1.83. The van der Waals surface area contributed by atoms with Crippen LogP contribution in [0, 0.1) is 0 Å². The highest BCUT2D eigenvalue weighted by molar-refractivity contribution is 7.89. The number of carbonyl (C=O) groups is 1. The molecule has 6 heteroatoms. The quantitative estimate of drug-likeness (QED) is 0.869. The summed E-state index contributed by atoms with van der Waals surface area (Å²) in [6, 6.07) is 7.75. The third-order valence-electron chi connectivity index (χ3n) is 3.77. The normalized spacial score (nSPS) is 18.2. The molecule has 1 aliphatic carbocycles. The number of nitrogens with zero attached hydrogens (tertiary/aromatic N) is 1. The minimum Gasteiger partial charge on any atom is -0.481 e. The Balaban J connectivity index is 2.08. The molecule has 110 valence electrons. The van der Waals surface area contributed by atoms with Gasteiger partial charge in [0.15, 0.2) is 0 Å². The summed E-state index contributed by atoms with van der Waals surface area (Å²) >= 11 is 0. The SMILES string of the molecule is CN(C1CCc2ccccc21)S(=O)(=O)CCCC(=O)O. The van der Waals surface area contributed by atoms with Crippen LogP contribution in [0.15, 0.2) is 24.3 Å². The van der Waals surface area contributed by atoms with Crippen molar-refractivity contribution in [2.24, 2.45) is 0 Å². The summed E-state index contributed by atoms with van der Waals surface area (Å²) in [5.41, 5.74) is 2.27. The number of hydrogen-bond acceptors (Lipinski definition) is 3. The molecule has 0 bridgehead atoms. The number of hydrogen-bond donors (Lipinski definition) is 1. The summed E-state index contributed by atoms with van der Waals surface area (Å²) in [6.07, 6.45) is 1.70. The van der Waals surface area contributed by atoms with Gasteiger partial charge in [0, 0.05) is 19.5 Å². The summed E-state index contributed by atoms with van der Waals surface area (Å²) in [5.74, 6) is -1.08. The maximum atomic E-state index is 12.2. The Bertz CT molecular complexity index is 597. The highest BCUT2D eigenvalue weighted by Crippen LogP contribution is 2.36. The molecule has 0 radical (unpaired) electrons. The van der Waals surface area contributed by atoms with Crippen LogP contribution in [0.5, 0.6) is 0 Å². The maximum absolute atomic E-state index is 12.2. The van der Waals surface area contributed by atoms with Crippen LogP contribution in [0.1, 0.15) is 36.4 Å². The monoisotopic (exact) mass is 297 g/mol. The van der Waals surface area contributed by atoms with Crippen molar-refractivity contribution >= 4 is 16.0 Å². The Labute approximate surface area is 119 Å². The number of carboxylic acids is 1. The van der Waals surface area contributed by atoms with Crippen molar-refractivity contribution in [3.05, 3.63) is 35.4 Å². The lowest BCUT2D eigenvalue weighted by Crippen LogP contribution is -2.32. The highest BCUT2D eigenvalue weighted by Gasteiger charge is 2.31. The van der Waals surface area contributed by atoms with Gasteiger partial charge in [-0.05, 0) is 30.4 Å². The van der Waals surface area contributed by atoms with Gasteiger partial charge in [0.1, 0.15) is 0 Å². The number of benzene rings is 1. The number of fused-ring (bicyclic) bond motifs is 1. The number of rotatable bonds is 6. The van der Waals surface area contributed by atoms with Crippen LogP contribution in [0.2, 0.25) is 0 Å². The van der Waals surface area contributed by atoms with E-state index in [-0.39, 0.29) is 24.6 Å². The van der Waals surface area contributed by atoms with Gasteiger partial charge in [0.25, 0.3) is 0 Å². The Morgan fingerprint density at radius 1 is 1.40 bits per heavy atom. The molecule has 2 rings (SSSR count). The first-order valence-electron chi connectivity index (χ1n) is 6.67. The largest absolute Gasteiger partial charge is 0.481 e. The summed E-state index contributed by atoms with van der Waals surface area (Å²) in [4.78, 5) is 10.5. The number of sulfonamides is 1. The molecule has 1 aliphatic rings. The second-order valence-electron chi connectivity index (χ2n) is 5.08. The molecule has 1 N–H and O–H groups in total. The topological polar surface area (TPSA) is 74.7 Å². The summed E-state index contributed by atoms with van der Waals surface area (Å²) in [5, 5.41) is 8.58. The molecule has 1 aromatic rings. The van der Waals surface area contributed by atoms with Crippen LogP contribution in [0.3, 0.4) is 0 Å². The molecule has 0 heterocycles. The van der Waals surface area contributed by atoms with Gasteiger partial charge >= 0.3 is 5.97 Å². The van der Waals surface area contributed by atoms with E-state index in [2.05, 4.69) is 0 Å². The molecule has 0 spiro atoms. The van der Waals surface area contributed by atoms with Gasteiger partial charge in [-0.2, -0.15) is 4.31 Å². The zero-order chi connectivity index (χ0) is 14.8. The van der Waals surface area contributed by atoms with E-state index < -0.39 is 16.0 Å². The predicted molar refractivity (Wildman–Crippen MR) is 75.9 cm³/mol. The minimum absolute atomic E-state index is 0.117. The fourth-order valence-corrected chi connectivity index (χ4v) is 4.06.